The summed E-state index contributed by atoms with van der Waals surface area (Å²) in [4.78, 5) is 29.6. The van der Waals surface area contributed by atoms with E-state index < -0.39 is 0 Å². The molecular formula is C26H21FN6O2. The number of amides is 1. The van der Waals surface area contributed by atoms with Gasteiger partial charge in [0.15, 0.2) is 5.65 Å². The number of benzene rings is 3. The van der Waals surface area contributed by atoms with Crippen molar-refractivity contribution in [3.63, 3.8) is 0 Å². The van der Waals surface area contributed by atoms with Crippen molar-refractivity contribution in [1.29, 1.82) is 0 Å². The Morgan fingerprint density at radius 2 is 1.57 bits per heavy atom. The Kier molecular flexibility index (Phi) is 6.04. The van der Waals surface area contributed by atoms with Gasteiger partial charge in [0.25, 0.3) is 5.56 Å². The number of fused-ring (bicyclic) bond motifs is 1. The zero-order valence-electron chi connectivity index (χ0n) is 18.6. The van der Waals surface area contributed by atoms with Crippen LogP contribution in [-0.2, 0) is 11.3 Å². The molecular weight excluding hydrogens is 447 g/mol. The lowest BCUT2D eigenvalue weighted by Gasteiger charge is -2.09. The molecule has 0 aliphatic heterocycles. The van der Waals surface area contributed by atoms with E-state index in [4.69, 9.17) is 0 Å². The van der Waals surface area contributed by atoms with Crippen molar-refractivity contribution < 1.29 is 9.18 Å². The number of hydrogen-bond acceptors (Lipinski definition) is 5. The molecule has 0 bridgehead atoms. The van der Waals surface area contributed by atoms with Crippen molar-refractivity contribution in [2.75, 3.05) is 10.6 Å². The molecule has 2 aromatic heterocycles. The quantitative estimate of drug-likeness (QED) is 0.367. The second kappa shape index (κ2) is 9.60. The zero-order chi connectivity index (χ0) is 24.2. The highest BCUT2D eigenvalue weighted by Crippen LogP contribution is 2.19. The first-order chi connectivity index (χ1) is 17.1. The molecule has 2 heterocycles. The predicted molar refractivity (Wildman–Crippen MR) is 132 cm³/mol. The summed E-state index contributed by atoms with van der Waals surface area (Å²) in [6, 6.07) is 22.9. The maximum absolute atomic E-state index is 13.2. The number of carbonyl (C=O) groups excluding carboxylic acids is 1. The first-order valence-electron chi connectivity index (χ1n) is 11.0. The molecule has 0 radical (unpaired) electrons. The molecule has 0 aliphatic rings. The highest BCUT2D eigenvalue weighted by Gasteiger charge is 2.12. The molecule has 9 heteroatoms. The zero-order valence-corrected chi connectivity index (χ0v) is 18.6. The number of carbonyl (C=O) groups is 1. The van der Waals surface area contributed by atoms with Crippen LogP contribution in [0.1, 0.15) is 6.42 Å². The van der Waals surface area contributed by atoms with E-state index in [9.17, 15) is 14.0 Å². The monoisotopic (exact) mass is 468 g/mol. The molecule has 3 aromatic carbocycles. The third-order valence-corrected chi connectivity index (χ3v) is 5.44. The van der Waals surface area contributed by atoms with Gasteiger partial charge in [0.1, 0.15) is 11.2 Å². The highest BCUT2D eigenvalue weighted by atomic mass is 19.1. The van der Waals surface area contributed by atoms with Crippen molar-refractivity contribution in [3.05, 3.63) is 108 Å². The summed E-state index contributed by atoms with van der Waals surface area (Å²) in [5.41, 5.74) is 3.20. The van der Waals surface area contributed by atoms with Gasteiger partial charge in [-0.05, 0) is 60.7 Å². The van der Waals surface area contributed by atoms with Crippen molar-refractivity contribution >= 4 is 34.0 Å². The number of para-hydroxylation sites is 1. The fourth-order valence-electron chi connectivity index (χ4n) is 3.65. The van der Waals surface area contributed by atoms with Crippen molar-refractivity contribution in [2.24, 2.45) is 0 Å². The first-order valence-corrected chi connectivity index (χ1v) is 11.0. The molecule has 5 rings (SSSR count). The average Bonchev–Trinajstić information content (AvgIpc) is 3.31. The van der Waals surface area contributed by atoms with Crippen LogP contribution >= 0.6 is 0 Å². The Bertz CT molecular complexity index is 1530. The number of aromatic nitrogens is 4. The predicted octanol–water partition coefficient (Wildman–Crippen LogP) is 4.49. The van der Waals surface area contributed by atoms with Gasteiger partial charge in [0.2, 0.25) is 5.91 Å². The van der Waals surface area contributed by atoms with Gasteiger partial charge in [-0.15, -0.1) is 0 Å². The van der Waals surface area contributed by atoms with Crippen LogP contribution < -0.4 is 16.2 Å². The van der Waals surface area contributed by atoms with Gasteiger partial charge < -0.3 is 10.6 Å². The van der Waals surface area contributed by atoms with Crippen LogP contribution in [0.5, 0.6) is 0 Å². The fraction of sp³-hybridized carbons (Fsp3) is 0.0769. The molecule has 1 amide bonds. The minimum absolute atomic E-state index is 0.100. The van der Waals surface area contributed by atoms with Crippen LogP contribution in [0.2, 0.25) is 0 Å². The molecule has 0 atom stereocenters. The Hall–Kier alpha value is -4.79. The molecule has 174 valence electrons. The van der Waals surface area contributed by atoms with Crippen LogP contribution in [-0.4, -0.2) is 25.2 Å². The highest BCUT2D eigenvalue weighted by molar-refractivity contribution is 5.90. The molecule has 5 aromatic rings. The van der Waals surface area contributed by atoms with E-state index in [2.05, 4.69) is 20.7 Å². The molecule has 35 heavy (non-hydrogen) atoms. The van der Waals surface area contributed by atoms with E-state index in [1.54, 1.807) is 12.1 Å². The number of aryl methyl sites for hydroxylation is 1. The largest absolute Gasteiger partial charge is 0.356 e. The van der Waals surface area contributed by atoms with E-state index in [1.807, 2.05) is 54.6 Å². The lowest BCUT2D eigenvalue weighted by atomic mass is 10.2. The minimum atomic E-state index is -0.362. The summed E-state index contributed by atoms with van der Waals surface area (Å²) in [7, 11) is 0. The molecule has 0 fully saturated rings. The number of hydrogen-bond donors (Lipinski definition) is 2. The van der Waals surface area contributed by atoms with Gasteiger partial charge in [0.05, 0.1) is 18.2 Å². The third kappa shape index (κ3) is 4.93. The average molecular weight is 468 g/mol. The van der Waals surface area contributed by atoms with Gasteiger partial charge in [-0.2, -0.15) is 5.10 Å². The van der Waals surface area contributed by atoms with Crippen LogP contribution in [0.15, 0.2) is 96.2 Å². The second-order valence-electron chi connectivity index (χ2n) is 7.88. The Balaban J connectivity index is 1.22. The third-order valence-electron chi connectivity index (χ3n) is 5.44. The molecule has 0 unspecified atom stereocenters. The van der Waals surface area contributed by atoms with E-state index in [-0.39, 0.29) is 30.2 Å². The summed E-state index contributed by atoms with van der Waals surface area (Å²) < 4.78 is 16.1. The molecule has 8 nitrogen and oxygen atoms in total. The van der Waals surface area contributed by atoms with Crippen LogP contribution in [0.3, 0.4) is 0 Å². The number of rotatable bonds is 7. The number of anilines is 3. The lowest BCUT2D eigenvalue weighted by molar-refractivity contribution is -0.116. The van der Waals surface area contributed by atoms with E-state index in [0.29, 0.717) is 22.4 Å². The van der Waals surface area contributed by atoms with E-state index in [1.165, 1.54) is 33.9 Å². The van der Waals surface area contributed by atoms with Gasteiger partial charge in [0, 0.05) is 30.0 Å². The van der Waals surface area contributed by atoms with Crippen LogP contribution in [0.25, 0.3) is 16.7 Å². The Morgan fingerprint density at radius 1 is 0.886 bits per heavy atom. The topological polar surface area (TPSA) is 93.8 Å². The number of nitrogens with one attached hydrogen (secondary N) is 2. The van der Waals surface area contributed by atoms with Crippen LogP contribution in [0.4, 0.5) is 21.5 Å². The van der Waals surface area contributed by atoms with E-state index in [0.717, 1.165) is 11.4 Å². The summed E-state index contributed by atoms with van der Waals surface area (Å²) >= 11 is 0. The van der Waals surface area contributed by atoms with E-state index >= 15 is 0 Å². The maximum Gasteiger partial charge on any atom is 0.264 e. The first kappa shape index (κ1) is 22.0. The van der Waals surface area contributed by atoms with Crippen molar-refractivity contribution in [1.82, 2.24) is 19.3 Å². The lowest BCUT2D eigenvalue weighted by Crippen LogP contribution is -2.23. The molecule has 0 saturated carbocycles. The summed E-state index contributed by atoms with van der Waals surface area (Å²) in [5.74, 6) is -0.582. The molecule has 2 N–H and O–H groups in total. The summed E-state index contributed by atoms with van der Waals surface area (Å²) in [5, 5.41) is 10.7. The van der Waals surface area contributed by atoms with Gasteiger partial charge in [-0.25, -0.2) is 14.1 Å². The fourth-order valence-corrected chi connectivity index (χ4v) is 3.65. The summed E-state index contributed by atoms with van der Waals surface area (Å²) in [6.07, 6.45) is 2.92. The Labute approximate surface area is 199 Å². The summed E-state index contributed by atoms with van der Waals surface area (Å²) in [6.45, 7) is 0.170. The smallest absolute Gasteiger partial charge is 0.264 e. The SMILES string of the molecule is O=C(CCn1cnc2c(cnn2-c2ccc(F)cc2)c1=O)Nc1ccc(Nc2ccccc2)cc1. The number of halogens is 1. The van der Waals surface area contributed by atoms with Crippen molar-refractivity contribution in [3.8, 4) is 5.69 Å². The molecule has 0 saturated heterocycles. The van der Waals surface area contributed by atoms with Gasteiger partial charge in [-0.3, -0.25) is 14.2 Å². The van der Waals surface area contributed by atoms with Gasteiger partial charge >= 0.3 is 0 Å². The second-order valence-corrected chi connectivity index (χ2v) is 7.88. The Morgan fingerprint density at radius 3 is 2.31 bits per heavy atom. The van der Waals surface area contributed by atoms with Crippen LogP contribution in [0, 0.1) is 5.82 Å². The molecule has 0 aliphatic carbocycles. The maximum atomic E-state index is 13.2. The normalized spacial score (nSPS) is 10.9. The van der Waals surface area contributed by atoms with Crippen molar-refractivity contribution in [2.45, 2.75) is 13.0 Å². The van der Waals surface area contributed by atoms with Gasteiger partial charge in [-0.1, -0.05) is 18.2 Å². The standard InChI is InChI=1S/C26H21FN6O2/c27-18-6-12-22(13-7-18)33-25-23(16-29-33)26(35)32(17-28-25)15-14-24(34)31-21-10-8-20(9-11-21)30-19-4-2-1-3-5-19/h1-13,16-17,30H,14-15H2,(H,31,34). The molecule has 0 spiro atoms. The minimum Gasteiger partial charge on any atom is -0.356 e. The number of nitrogens with zero attached hydrogens (tertiary/aromatic N) is 4.